The zero-order valence-corrected chi connectivity index (χ0v) is 16.9. The van der Waals surface area contributed by atoms with Crippen LogP contribution in [0.4, 0.5) is 0 Å². The minimum Gasteiger partial charge on any atom is -0.265 e. The van der Waals surface area contributed by atoms with Crippen LogP contribution in [0.2, 0.25) is 0 Å². The standard InChI is InChI=1S/C15H16Br2N2O3S/c1-10-4-6-11(7-5-10)23(20,21)22-9-15(2,3)12-8-13(16)18-19-14(12)17/h4-8H,9H2,1-3H3. The Labute approximate surface area is 152 Å². The molecule has 0 radical (unpaired) electrons. The van der Waals surface area contributed by atoms with Crippen molar-refractivity contribution in [1.82, 2.24) is 10.2 Å². The number of halogens is 2. The minimum absolute atomic E-state index is 0.0139. The first-order valence-electron chi connectivity index (χ1n) is 6.77. The number of nitrogens with zero attached hydrogens (tertiary/aromatic N) is 2. The molecular formula is C15H16Br2N2O3S. The highest BCUT2D eigenvalue weighted by Crippen LogP contribution is 2.31. The van der Waals surface area contributed by atoms with E-state index in [0.717, 1.165) is 11.1 Å². The van der Waals surface area contributed by atoms with E-state index >= 15 is 0 Å². The number of hydrogen-bond acceptors (Lipinski definition) is 5. The molecule has 0 aliphatic rings. The van der Waals surface area contributed by atoms with Crippen molar-refractivity contribution < 1.29 is 12.6 Å². The van der Waals surface area contributed by atoms with E-state index in [4.69, 9.17) is 4.18 Å². The van der Waals surface area contributed by atoms with Crippen LogP contribution in [-0.4, -0.2) is 25.2 Å². The molecule has 0 saturated carbocycles. The molecule has 0 fully saturated rings. The molecule has 2 aromatic rings. The average Bonchev–Trinajstić information content (AvgIpc) is 2.48. The molecule has 0 spiro atoms. The Morgan fingerprint density at radius 3 is 2.35 bits per heavy atom. The van der Waals surface area contributed by atoms with Crippen LogP contribution in [0, 0.1) is 6.92 Å². The Morgan fingerprint density at radius 2 is 1.74 bits per heavy atom. The summed E-state index contributed by atoms with van der Waals surface area (Å²) in [5.41, 5.74) is 1.22. The van der Waals surface area contributed by atoms with Crippen molar-refractivity contribution >= 4 is 42.0 Å². The third-order valence-electron chi connectivity index (χ3n) is 3.33. The van der Waals surface area contributed by atoms with Gasteiger partial charge in [0.15, 0.2) is 0 Å². The van der Waals surface area contributed by atoms with Gasteiger partial charge in [0.1, 0.15) is 9.21 Å². The van der Waals surface area contributed by atoms with Crippen molar-refractivity contribution in [2.24, 2.45) is 0 Å². The van der Waals surface area contributed by atoms with Gasteiger partial charge in [-0.15, -0.1) is 10.2 Å². The first-order chi connectivity index (χ1) is 10.6. The van der Waals surface area contributed by atoms with Crippen molar-refractivity contribution in [2.75, 3.05) is 6.61 Å². The largest absolute Gasteiger partial charge is 0.297 e. The minimum atomic E-state index is -3.80. The van der Waals surface area contributed by atoms with E-state index in [9.17, 15) is 8.42 Å². The predicted molar refractivity (Wildman–Crippen MR) is 94.8 cm³/mol. The molecule has 1 heterocycles. The second-order valence-corrected chi connectivity index (χ2v) is 8.96. The van der Waals surface area contributed by atoms with Crippen LogP contribution in [0.3, 0.4) is 0 Å². The summed E-state index contributed by atoms with van der Waals surface area (Å²) in [5.74, 6) is 0. The molecule has 23 heavy (non-hydrogen) atoms. The van der Waals surface area contributed by atoms with Crippen LogP contribution < -0.4 is 0 Å². The molecule has 0 N–H and O–H groups in total. The van der Waals surface area contributed by atoms with Crippen LogP contribution in [0.5, 0.6) is 0 Å². The monoisotopic (exact) mass is 462 g/mol. The average molecular weight is 464 g/mol. The van der Waals surface area contributed by atoms with Crippen LogP contribution in [0.1, 0.15) is 25.0 Å². The molecule has 0 unspecified atom stereocenters. The predicted octanol–water partition coefficient (Wildman–Crippen LogP) is 3.99. The molecule has 8 heteroatoms. The number of rotatable bonds is 5. The molecule has 124 valence electrons. The summed E-state index contributed by atoms with van der Waals surface area (Å²) >= 11 is 6.61. The van der Waals surface area contributed by atoms with Gasteiger partial charge in [0, 0.05) is 5.41 Å². The van der Waals surface area contributed by atoms with Gasteiger partial charge in [0.2, 0.25) is 0 Å². The first-order valence-corrected chi connectivity index (χ1v) is 9.76. The summed E-state index contributed by atoms with van der Waals surface area (Å²) in [6.07, 6.45) is 0. The molecule has 5 nitrogen and oxygen atoms in total. The fraction of sp³-hybridized carbons (Fsp3) is 0.333. The second-order valence-electron chi connectivity index (χ2n) is 5.78. The molecule has 0 atom stereocenters. The van der Waals surface area contributed by atoms with Crippen LogP contribution in [0.25, 0.3) is 0 Å². The normalized spacial score (nSPS) is 12.4. The van der Waals surface area contributed by atoms with Crippen molar-refractivity contribution in [3.05, 3.63) is 50.7 Å². The Hall–Kier alpha value is -0.830. The summed E-state index contributed by atoms with van der Waals surface area (Å²) < 4.78 is 31.0. The highest BCUT2D eigenvalue weighted by atomic mass is 79.9. The Kier molecular flexibility index (Phi) is 5.60. The van der Waals surface area contributed by atoms with E-state index < -0.39 is 15.5 Å². The lowest BCUT2D eigenvalue weighted by Crippen LogP contribution is -2.27. The first kappa shape index (κ1) is 18.5. The number of aromatic nitrogens is 2. The molecule has 1 aromatic carbocycles. The molecule has 1 aromatic heterocycles. The fourth-order valence-corrected chi connectivity index (χ4v) is 4.00. The van der Waals surface area contributed by atoms with E-state index in [2.05, 4.69) is 42.1 Å². The highest BCUT2D eigenvalue weighted by Gasteiger charge is 2.28. The quantitative estimate of drug-likeness (QED) is 0.627. The van der Waals surface area contributed by atoms with Gasteiger partial charge in [-0.1, -0.05) is 31.5 Å². The fourth-order valence-electron chi connectivity index (χ4n) is 1.90. The van der Waals surface area contributed by atoms with Crippen molar-refractivity contribution in [3.8, 4) is 0 Å². The topological polar surface area (TPSA) is 69.2 Å². The van der Waals surface area contributed by atoms with Gasteiger partial charge >= 0.3 is 0 Å². The maximum absolute atomic E-state index is 12.3. The van der Waals surface area contributed by atoms with Crippen molar-refractivity contribution in [3.63, 3.8) is 0 Å². The Bertz CT molecular complexity index is 806. The van der Waals surface area contributed by atoms with E-state index in [-0.39, 0.29) is 11.5 Å². The van der Waals surface area contributed by atoms with Gasteiger partial charge in [-0.25, -0.2) is 0 Å². The molecule has 0 amide bonds. The van der Waals surface area contributed by atoms with E-state index in [1.807, 2.05) is 20.8 Å². The number of benzene rings is 1. The SMILES string of the molecule is Cc1ccc(S(=O)(=O)OCC(C)(C)c2cc(Br)nnc2Br)cc1. The van der Waals surface area contributed by atoms with Gasteiger partial charge in [-0.2, -0.15) is 8.42 Å². The lowest BCUT2D eigenvalue weighted by Gasteiger charge is -2.25. The van der Waals surface area contributed by atoms with Crippen LogP contribution in [0.15, 0.2) is 44.4 Å². The Balaban J connectivity index is 2.21. The van der Waals surface area contributed by atoms with Gasteiger partial charge in [0.05, 0.1) is 11.5 Å². The van der Waals surface area contributed by atoms with Gasteiger partial charge in [0.25, 0.3) is 10.1 Å². The van der Waals surface area contributed by atoms with Gasteiger partial charge in [-0.05, 0) is 62.5 Å². The summed E-state index contributed by atoms with van der Waals surface area (Å²) in [7, 11) is -3.80. The van der Waals surface area contributed by atoms with Crippen molar-refractivity contribution in [1.29, 1.82) is 0 Å². The summed E-state index contributed by atoms with van der Waals surface area (Å²) in [5, 5.41) is 7.85. The molecule has 0 saturated heterocycles. The van der Waals surface area contributed by atoms with Crippen LogP contribution >= 0.6 is 31.9 Å². The van der Waals surface area contributed by atoms with E-state index in [1.165, 1.54) is 12.1 Å². The molecule has 2 rings (SSSR count). The zero-order valence-electron chi connectivity index (χ0n) is 12.9. The molecule has 0 aliphatic heterocycles. The van der Waals surface area contributed by atoms with E-state index in [0.29, 0.717) is 9.21 Å². The summed E-state index contributed by atoms with van der Waals surface area (Å²) in [6.45, 7) is 5.64. The molecule has 0 bridgehead atoms. The second kappa shape index (κ2) is 6.96. The van der Waals surface area contributed by atoms with Crippen LogP contribution in [-0.2, 0) is 19.7 Å². The maximum atomic E-state index is 12.3. The zero-order chi connectivity index (χ0) is 17.3. The van der Waals surface area contributed by atoms with Gasteiger partial charge in [-0.3, -0.25) is 4.18 Å². The lowest BCUT2D eigenvalue weighted by molar-refractivity contribution is 0.244. The van der Waals surface area contributed by atoms with E-state index in [1.54, 1.807) is 18.2 Å². The molecular weight excluding hydrogens is 448 g/mol. The smallest absolute Gasteiger partial charge is 0.265 e. The summed E-state index contributed by atoms with van der Waals surface area (Å²) in [6, 6.07) is 8.35. The Morgan fingerprint density at radius 1 is 1.13 bits per heavy atom. The third kappa shape index (κ3) is 4.59. The lowest BCUT2D eigenvalue weighted by atomic mass is 9.87. The van der Waals surface area contributed by atoms with Crippen molar-refractivity contribution in [2.45, 2.75) is 31.1 Å². The summed E-state index contributed by atoms with van der Waals surface area (Å²) in [4.78, 5) is 0.145. The molecule has 0 aliphatic carbocycles. The van der Waals surface area contributed by atoms with Gasteiger partial charge < -0.3 is 0 Å². The number of aryl methyl sites for hydroxylation is 1. The third-order valence-corrected chi connectivity index (χ3v) is 5.58. The maximum Gasteiger partial charge on any atom is 0.297 e. The highest BCUT2D eigenvalue weighted by molar-refractivity contribution is 9.10. The number of hydrogen-bond donors (Lipinski definition) is 0.